The Kier molecular flexibility index (Phi) is 8.69. The van der Waals surface area contributed by atoms with Crippen molar-refractivity contribution in [2.75, 3.05) is 24.4 Å². The van der Waals surface area contributed by atoms with Crippen molar-refractivity contribution in [3.8, 4) is 11.8 Å². The third kappa shape index (κ3) is 7.07. The smallest absolute Gasteiger partial charge is 0.411 e. The molecule has 0 spiro atoms. The van der Waals surface area contributed by atoms with Gasteiger partial charge in [-0.3, -0.25) is 14.9 Å². The van der Waals surface area contributed by atoms with Gasteiger partial charge in [-0.1, -0.05) is 11.6 Å². The number of halogens is 1. The molecule has 0 fully saturated rings. The lowest BCUT2D eigenvalue weighted by Gasteiger charge is -2.13. The quantitative estimate of drug-likeness (QED) is 0.352. The topological polar surface area (TPSA) is 178 Å². The molecule has 0 bridgehead atoms. The molecule has 13 heteroatoms. The van der Waals surface area contributed by atoms with Crippen molar-refractivity contribution < 1.29 is 32.3 Å². The van der Waals surface area contributed by atoms with Crippen LogP contribution in [0.4, 0.5) is 16.2 Å². The van der Waals surface area contributed by atoms with E-state index in [0.29, 0.717) is 11.3 Å². The molecule has 11 nitrogen and oxygen atoms in total. The van der Waals surface area contributed by atoms with Crippen molar-refractivity contribution in [3.63, 3.8) is 0 Å². The zero-order valence-corrected chi connectivity index (χ0v) is 21.6. The predicted octanol–water partition coefficient (Wildman–Crippen LogP) is 3.59. The fraction of sp³-hybridized carbons (Fsp3) is 0.120. The molecular weight excluding hydrogens is 536 g/mol. The van der Waals surface area contributed by atoms with Crippen LogP contribution < -0.4 is 20.5 Å². The highest BCUT2D eigenvalue weighted by Gasteiger charge is 2.19. The van der Waals surface area contributed by atoms with Crippen LogP contribution >= 0.6 is 11.6 Å². The standard InChI is InChI=1S/C25H21ClN4O7S/c1-14-7-19(38(28,34)35)4-5-21(14)30-23(31)13-37-22-6-3-17(26)11-20(22)24(32)16-8-15(12-27)9-18(10-16)29-25(33)36-2/h3-11H,13H2,1-2H3,(H,29,33)(H,30,31)(H2,28,34,35). The molecule has 3 aromatic rings. The number of sulfonamides is 1. The van der Waals surface area contributed by atoms with Gasteiger partial charge in [0, 0.05) is 22.0 Å². The van der Waals surface area contributed by atoms with Crippen molar-refractivity contribution in [1.29, 1.82) is 5.26 Å². The van der Waals surface area contributed by atoms with Crippen LogP contribution in [0.15, 0.2) is 59.5 Å². The molecule has 0 saturated heterocycles. The van der Waals surface area contributed by atoms with E-state index < -0.39 is 34.4 Å². The monoisotopic (exact) mass is 556 g/mol. The Balaban J connectivity index is 1.82. The maximum Gasteiger partial charge on any atom is 0.411 e. The van der Waals surface area contributed by atoms with E-state index in [1.807, 2.05) is 6.07 Å². The van der Waals surface area contributed by atoms with Gasteiger partial charge in [0.25, 0.3) is 5.91 Å². The fourth-order valence-electron chi connectivity index (χ4n) is 3.31. The van der Waals surface area contributed by atoms with Crippen LogP contribution in [0.3, 0.4) is 0 Å². The molecule has 0 radical (unpaired) electrons. The van der Waals surface area contributed by atoms with E-state index >= 15 is 0 Å². The molecule has 0 aliphatic heterocycles. The summed E-state index contributed by atoms with van der Waals surface area (Å²) in [4.78, 5) is 37.3. The number of nitrogens with two attached hydrogens (primary N) is 1. The number of ketones is 1. The molecule has 196 valence electrons. The van der Waals surface area contributed by atoms with Gasteiger partial charge in [0.05, 0.1) is 29.2 Å². The number of nitrogens with one attached hydrogen (secondary N) is 2. The van der Waals surface area contributed by atoms with Crippen LogP contribution in [0.25, 0.3) is 0 Å². The molecule has 0 aromatic heterocycles. The van der Waals surface area contributed by atoms with E-state index in [1.165, 1.54) is 61.7 Å². The molecule has 0 atom stereocenters. The molecule has 0 heterocycles. The molecule has 4 N–H and O–H groups in total. The number of anilines is 2. The second kappa shape index (κ2) is 11.7. The highest BCUT2D eigenvalue weighted by molar-refractivity contribution is 7.89. The van der Waals surface area contributed by atoms with Crippen LogP contribution in [-0.2, 0) is 19.6 Å². The van der Waals surface area contributed by atoms with Gasteiger partial charge in [-0.15, -0.1) is 0 Å². The molecular formula is C25H21ClN4O7S. The number of primary sulfonamides is 1. The van der Waals surface area contributed by atoms with Gasteiger partial charge in [-0.05, 0) is 67.1 Å². The average Bonchev–Trinajstić information content (AvgIpc) is 2.87. The maximum atomic E-state index is 13.3. The number of carbonyl (C=O) groups is 3. The Bertz CT molecular complexity index is 1580. The molecule has 3 rings (SSSR count). The van der Waals surface area contributed by atoms with E-state index in [0.717, 1.165) is 0 Å². The van der Waals surface area contributed by atoms with E-state index in [2.05, 4.69) is 15.4 Å². The first-order valence-corrected chi connectivity index (χ1v) is 12.6. The highest BCUT2D eigenvalue weighted by atomic mass is 35.5. The van der Waals surface area contributed by atoms with Crippen LogP contribution in [-0.4, -0.2) is 39.9 Å². The Morgan fingerprint density at radius 2 is 1.79 bits per heavy atom. The van der Waals surface area contributed by atoms with Gasteiger partial charge in [0.2, 0.25) is 10.0 Å². The van der Waals surface area contributed by atoms with Gasteiger partial charge >= 0.3 is 6.09 Å². The second-order valence-corrected chi connectivity index (χ2v) is 9.85. The molecule has 0 saturated carbocycles. The van der Waals surface area contributed by atoms with E-state index in [9.17, 15) is 28.1 Å². The SMILES string of the molecule is COC(=O)Nc1cc(C#N)cc(C(=O)c2cc(Cl)ccc2OCC(=O)Nc2ccc(S(N)(=O)=O)cc2C)c1. The number of nitrogens with zero attached hydrogens (tertiary/aromatic N) is 1. The fourth-order valence-corrected chi connectivity index (χ4v) is 4.08. The number of nitriles is 1. The summed E-state index contributed by atoms with van der Waals surface area (Å²) in [6.07, 6.45) is -0.786. The number of amides is 2. The summed E-state index contributed by atoms with van der Waals surface area (Å²) in [6, 6.07) is 14.2. The van der Waals surface area contributed by atoms with Gasteiger partial charge in [-0.25, -0.2) is 18.4 Å². The van der Waals surface area contributed by atoms with Gasteiger partial charge < -0.3 is 14.8 Å². The van der Waals surface area contributed by atoms with E-state index in [4.69, 9.17) is 21.5 Å². The number of hydrogen-bond acceptors (Lipinski definition) is 8. The summed E-state index contributed by atoms with van der Waals surface area (Å²) in [5.41, 5.74) is 1.14. The van der Waals surface area contributed by atoms with Crippen LogP contribution in [0.2, 0.25) is 5.02 Å². The minimum absolute atomic E-state index is 0.0121. The third-order valence-electron chi connectivity index (χ3n) is 5.10. The minimum Gasteiger partial charge on any atom is -0.483 e. The van der Waals surface area contributed by atoms with Crippen molar-refractivity contribution in [2.45, 2.75) is 11.8 Å². The number of hydrogen-bond donors (Lipinski definition) is 3. The first-order chi connectivity index (χ1) is 17.9. The van der Waals surface area contributed by atoms with Gasteiger partial charge in [-0.2, -0.15) is 5.26 Å². The highest BCUT2D eigenvalue weighted by Crippen LogP contribution is 2.27. The van der Waals surface area contributed by atoms with Crippen LogP contribution in [0, 0.1) is 18.3 Å². The Hall–Kier alpha value is -4.44. The van der Waals surface area contributed by atoms with E-state index in [-0.39, 0.29) is 38.0 Å². The van der Waals surface area contributed by atoms with E-state index in [1.54, 1.807) is 6.92 Å². The summed E-state index contributed by atoms with van der Waals surface area (Å²) in [5.74, 6) is -1.12. The lowest BCUT2D eigenvalue weighted by molar-refractivity contribution is -0.118. The Morgan fingerprint density at radius 1 is 1.05 bits per heavy atom. The summed E-state index contributed by atoms with van der Waals surface area (Å²) >= 11 is 6.09. The molecule has 2 amide bonds. The molecule has 0 aliphatic rings. The Morgan fingerprint density at radius 3 is 2.42 bits per heavy atom. The molecule has 3 aromatic carbocycles. The van der Waals surface area contributed by atoms with Crippen molar-refractivity contribution in [1.82, 2.24) is 0 Å². The van der Waals surface area contributed by atoms with Crippen molar-refractivity contribution in [2.24, 2.45) is 5.14 Å². The Labute approximate surface area is 223 Å². The predicted molar refractivity (Wildman–Crippen MR) is 139 cm³/mol. The minimum atomic E-state index is -3.90. The second-order valence-electron chi connectivity index (χ2n) is 7.86. The molecule has 38 heavy (non-hydrogen) atoms. The van der Waals surface area contributed by atoms with Gasteiger partial charge in [0.1, 0.15) is 5.75 Å². The average molecular weight is 557 g/mol. The van der Waals surface area contributed by atoms with Crippen LogP contribution in [0.1, 0.15) is 27.0 Å². The number of benzene rings is 3. The first-order valence-electron chi connectivity index (χ1n) is 10.7. The lowest BCUT2D eigenvalue weighted by Crippen LogP contribution is -2.21. The van der Waals surface area contributed by atoms with Crippen LogP contribution in [0.5, 0.6) is 5.75 Å². The third-order valence-corrected chi connectivity index (χ3v) is 6.25. The van der Waals surface area contributed by atoms with Crippen molar-refractivity contribution >= 4 is 50.8 Å². The van der Waals surface area contributed by atoms with Gasteiger partial charge in [0.15, 0.2) is 12.4 Å². The summed E-state index contributed by atoms with van der Waals surface area (Å²) in [6.45, 7) is 1.10. The lowest BCUT2D eigenvalue weighted by atomic mass is 10.00. The molecule has 0 unspecified atom stereocenters. The zero-order valence-electron chi connectivity index (χ0n) is 20.1. The summed E-state index contributed by atoms with van der Waals surface area (Å²) in [5, 5.41) is 19.7. The number of methoxy groups -OCH3 is 1. The number of aryl methyl sites for hydroxylation is 1. The normalized spacial score (nSPS) is 10.7. The molecule has 0 aliphatic carbocycles. The summed E-state index contributed by atoms with van der Waals surface area (Å²) < 4.78 is 33.1. The number of ether oxygens (including phenoxy) is 2. The number of rotatable bonds is 8. The number of carbonyl (C=O) groups excluding carboxylic acids is 3. The maximum absolute atomic E-state index is 13.3. The summed E-state index contributed by atoms with van der Waals surface area (Å²) in [7, 11) is -2.73. The zero-order chi connectivity index (χ0) is 28.0. The first kappa shape index (κ1) is 28.1. The van der Waals surface area contributed by atoms with Crippen molar-refractivity contribution in [3.05, 3.63) is 81.9 Å². The largest absolute Gasteiger partial charge is 0.483 e.